The molecule has 6 N–H and O–H groups in total. The Morgan fingerprint density at radius 3 is 0.920 bits per heavy atom. The largest absolute Gasteiger partial charge is 0.472 e. The van der Waals surface area contributed by atoms with Crippen molar-refractivity contribution in [2.45, 2.75) is 371 Å². The van der Waals surface area contributed by atoms with E-state index in [2.05, 4.69) is 13.8 Å². The molecule has 0 aromatic rings. The van der Waals surface area contributed by atoms with Gasteiger partial charge in [0.25, 0.3) is 0 Å². The highest BCUT2D eigenvalue weighted by Gasteiger charge is 2.51. The molecule has 0 aromatic carbocycles. The first-order valence-corrected chi connectivity index (χ1v) is 33.9. The molecule has 0 spiro atoms. The molecule has 1 aliphatic carbocycles. The zero-order valence-electron chi connectivity index (χ0n) is 48.9. The van der Waals surface area contributed by atoms with E-state index in [1.165, 1.54) is 263 Å². The van der Waals surface area contributed by atoms with Crippen LogP contribution >= 0.6 is 7.82 Å². The number of rotatable bonds is 58. The Labute approximate surface area is 461 Å². The molecule has 1 fully saturated rings. The van der Waals surface area contributed by atoms with Gasteiger partial charge in [-0.15, -0.1) is 0 Å². The molecule has 1 rings (SSSR count). The minimum absolute atomic E-state index is 0.0669. The van der Waals surface area contributed by atoms with Crippen LogP contribution in [0.15, 0.2) is 0 Å². The van der Waals surface area contributed by atoms with Crippen molar-refractivity contribution in [2.75, 3.05) is 19.8 Å². The van der Waals surface area contributed by atoms with Gasteiger partial charge in [-0.2, -0.15) is 0 Å². The van der Waals surface area contributed by atoms with Gasteiger partial charge in [-0.3, -0.25) is 13.8 Å². The highest BCUT2D eigenvalue weighted by atomic mass is 31.2. The third-order valence-corrected chi connectivity index (χ3v) is 16.7. The van der Waals surface area contributed by atoms with Gasteiger partial charge in [0, 0.05) is 13.0 Å². The first-order valence-electron chi connectivity index (χ1n) is 32.4. The van der Waals surface area contributed by atoms with Crippen LogP contribution < -0.4 is 0 Å². The first kappa shape index (κ1) is 72.4. The average molecular weight is 1090 g/mol. The van der Waals surface area contributed by atoms with Crippen molar-refractivity contribution in [3.05, 3.63) is 0 Å². The molecule has 0 bridgehead atoms. The SMILES string of the molecule is CCCCCCCCCCCCCCCCCCCCCCCCCCCCCCCCC(=O)O[C@H](COCCCCCCCCCCCCCCCCCCCC)COP(=O)(O)OC1C(O)C(O)C(O)[C@@H](O)C1O. The number of ether oxygens (including phenoxy) is 2. The molecule has 1 aliphatic rings. The Bertz CT molecular complexity index is 1250. The van der Waals surface area contributed by atoms with Crippen LogP contribution in [0.2, 0.25) is 0 Å². The third-order valence-electron chi connectivity index (χ3n) is 15.7. The molecular weight excluding hydrogens is 968 g/mol. The predicted molar refractivity (Wildman–Crippen MR) is 309 cm³/mol. The summed E-state index contributed by atoms with van der Waals surface area (Å²) in [5, 5.41) is 50.5. The molecule has 0 aliphatic heterocycles. The van der Waals surface area contributed by atoms with Crippen LogP contribution in [0.1, 0.15) is 328 Å². The maximum absolute atomic E-state index is 12.9. The highest BCUT2D eigenvalue weighted by molar-refractivity contribution is 7.47. The standard InChI is InChI=1S/C62H123O12P/c1-3-5-7-9-11-13-15-17-19-21-23-24-25-26-27-28-29-30-31-32-33-34-35-37-39-41-43-45-47-49-51-56(63)73-55(54-72-75(69,70)74-62-60(67)58(65)57(64)59(66)61(62)68)53-71-52-50-48-46-44-42-40-38-36-22-20-18-16-14-12-10-8-6-4-2/h55,57-62,64-68H,3-54H2,1-2H3,(H,69,70)/t55-,57?,58-,59?,60?,61?,62?/m1/s1. The van der Waals surface area contributed by atoms with Crippen LogP contribution in [0.25, 0.3) is 0 Å². The van der Waals surface area contributed by atoms with Gasteiger partial charge in [-0.05, 0) is 12.8 Å². The topological polar surface area (TPSA) is 192 Å². The Hall–Kier alpha value is -0.660. The summed E-state index contributed by atoms with van der Waals surface area (Å²) in [6, 6.07) is 0. The number of aliphatic hydroxyl groups excluding tert-OH is 5. The van der Waals surface area contributed by atoms with E-state index in [0.29, 0.717) is 13.0 Å². The summed E-state index contributed by atoms with van der Waals surface area (Å²) in [6.07, 6.45) is 50.6. The number of hydrogen-bond donors (Lipinski definition) is 6. The van der Waals surface area contributed by atoms with Crippen molar-refractivity contribution in [2.24, 2.45) is 0 Å². The summed E-state index contributed by atoms with van der Waals surface area (Å²) in [4.78, 5) is 23.4. The van der Waals surface area contributed by atoms with Crippen molar-refractivity contribution in [3.8, 4) is 0 Å². The maximum atomic E-state index is 12.9. The lowest BCUT2D eigenvalue weighted by atomic mass is 9.85. The molecule has 0 radical (unpaired) electrons. The monoisotopic (exact) mass is 1090 g/mol. The smallest absolute Gasteiger partial charge is 0.457 e. The second-order valence-electron chi connectivity index (χ2n) is 23.0. The van der Waals surface area contributed by atoms with Gasteiger partial charge in [-0.1, -0.05) is 309 Å². The Morgan fingerprint density at radius 1 is 0.373 bits per heavy atom. The quantitative estimate of drug-likeness (QED) is 0.0192. The lowest BCUT2D eigenvalue weighted by Crippen LogP contribution is -2.64. The van der Waals surface area contributed by atoms with Crippen molar-refractivity contribution < 1.29 is 58.3 Å². The van der Waals surface area contributed by atoms with E-state index < -0.39 is 63.1 Å². The van der Waals surface area contributed by atoms with E-state index >= 15 is 0 Å². The molecule has 1 saturated carbocycles. The van der Waals surface area contributed by atoms with E-state index in [-0.39, 0.29) is 13.0 Å². The number of carbonyl (C=O) groups is 1. The summed E-state index contributed by atoms with van der Waals surface area (Å²) >= 11 is 0. The average Bonchev–Trinajstić information content (AvgIpc) is 3.40. The van der Waals surface area contributed by atoms with Gasteiger partial charge in [0.1, 0.15) is 42.7 Å². The van der Waals surface area contributed by atoms with Crippen LogP contribution in [0.5, 0.6) is 0 Å². The van der Waals surface area contributed by atoms with Crippen molar-refractivity contribution >= 4 is 13.8 Å². The summed E-state index contributed by atoms with van der Waals surface area (Å²) in [7, 11) is -5.02. The number of unbranched alkanes of at least 4 members (excludes halogenated alkanes) is 46. The lowest BCUT2D eigenvalue weighted by Gasteiger charge is -2.41. The molecule has 8 atom stereocenters. The fourth-order valence-electron chi connectivity index (χ4n) is 10.7. The minimum Gasteiger partial charge on any atom is -0.457 e. The van der Waals surface area contributed by atoms with E-state index in [1.54, 1.807) is 0 Å². The Kier molecular flexibility index (Phi) is 50.8. The molecule has 0 amide bonds. The number of carbonyl (C=O) groups excluding carboxylic acids is 1. The van der Waals surface area contributed by atoms with E-state index in [1.807, 2.05) is 0 Å². The molecule has 13 heteroatoms. The second-order valence-corrected chi connectivity index (χ2v) is 24.4. The van der Waals surface area contributed by atoms with Crippen LogP contribution in [0.4, 0.5) is 0 Å². The molecule has 0 heterocycles. The van der Waals surface area contributed by atoms with E-state index in [9.17, 15) is 39.8 Å². The first-order chi connectivity index (χ1) is 36.5. The Morgan fingerprint density at radius 2 is 0.627 bits per heavy atom. The van der Waals surface area contributed by atoms with Gasteiger partial charge in [0.05, 0.1) is 13.2 Å². The number of aliphatic hydroxyl groups is 5. The zero-order valence-corrected chi connectivity index (χ0v) is 49.8. The molecule has 12 nitrogen and oxygen atoms in total. The van der Waals surface area contributed by atoms with Crippen LogP contribution in [0, 0.1) is 0 Å². The van der Waals surface area contributed by atoms with E-state index in [0.717, 1.165) is 38.5 Å². The lowest BCUT2D eigenvalue weighted by molar-refractivity contribution is -0.220. The van der Waals surface area contributed by atoms with Gasteiger partial charge in [-0.25, -0.2) is 4.57 Å². The molecule has 448 valence electrons. The van der Waals surface area contributed by atoms with Gasteiger partial charge < -0.3 is 39.9 Å². The molecule has 75 heavy (non-hydrogen) atoms. The zero-order chi connectivity index (χ0) is 54.7. The summed E-state index contributed by atoms with van der Waals surface area (Å²) in [5.41, 5.74) is 0. The fourth-order valence-corrected chi connectivity index (χ4v) is 11.6. The highest BCUT2D eigenvalue weighted by Crippen LogP contribution is 2.47. The predicted octanol–water partition coefficient (Wildman–Crippen LogP) is 16.4. The Balaban J connectivity index is 2.17. The number of hydrogen-bond acceptors (Lipinski definition) is 11. The van der Waals surface area contributed by atoms with Crippen molar-refractivity contribution in [1.29, 1.82) is 0 Å². The maximum Gasteiger partial charge on any atom is 0.472 e. The number of phosphoric acid groups is 1. The molecular formula is C62H123O12P. The van der Waals surface area contributed by atoms with Crippen molar-refractivity contribution in [3.63, 3.8) is 0 Å². The second kappa shape index (κ2) is 52.7. The number of phosphoric ester groups is 1. The third kappa shape index (κ3) is 43.8. The summed E-state index contributed by atoms with van der Waals surface area (Å²) in [5.74, 6) is -0.465. The van der Waals surface area contributed by atoms with E-state index in [4.69, 9.17) is 18.5 Å². The number of esters is 1. The molecule has 0 saturated heterocycles. The molecule has 0 aromatic heterocycles. The van der Waals surface area contributed by atoms with Crippen LogP contribution in [-0.2, 0) is 27.9 Å². The summed E-state index contributed by atoms with van der Waals surface area (Å²) < 4.78 is 34.5. The minimum atomic E-state index is -5.02. The molecule has 6 unspecified atom stereocenters. The normalized spacial score (nSPS) is 20.2. The fraction of sp³-hybridized carbons (Fsp3) is 0.984. The van der Waals surface area contributed by atoms with Crippen LogP contribution in [-0.4, -0.2) is 98.9 Å². The van der Waals surface area contributed by atoms with Gasteiger partial charge in [0.2, 0.25) is 0 Å². The van der Waals surface area contributed by atoms with Gasteiger partial charge in [0.15, 0.2) is 0 Å². The van der Waals surface area contributed by atoms with Crippen LogP contribution in [0.3, 0.4) is 0 Å². The summed E-state index contributed by atoms with van der Waals surface area (Å²) in [6.45, 7) is 4.36. The van der Waals surface area contributed by atoms with Gasteiger partial charge >= 0.3 is 13.8 Å². The van der Waals surface area contributed by atoms with Crippen molar-refractivity contribution in [1.82, 2.24) is 0 Å².